The van der Waals surface area contributed by atoms with Crippen LogP contribution in [-0.2, 0) is 93.9 Å². The van der Waals surface area contributed by atoms with Crippen molar-refractivity contribution in [1.29, 1.82) is 0 Å². The number of halogens is 3. The van der Waals surface area contributed by atoms with E-state index in [2.05, 4.69) is 80.7 Å². The van der Waals surface area contributed by atoms with Crippen LogP contribution in [0.5, 0.6) is 0 Å². The van der Waals surface area contributed by atoms with E-state index >= 15 is 0 Å². The number of carbonyl (C=O) groups excluding carboxylic acids is 8. The minimum Gasteiger partial charge on any atom is -0.466 e. The molecule has 0 aliphatic heterocycles. The lowest BCUT2D eigenvalue weighted by atomic mass is 10.1. The number of esters is 8. The molecule has 0 saturated carbocycles. The predicted octanol–water partition coefficient (Wildman–Crippen LogP) is 28.3. The molecule has 0 heterocycles. The lowest BCUT2D eigenvalue weighted by molar-refractivity contribution is -0.146. The Labute approximate surface area is 767 Å². The molecule has 0 radical (unpaired) electrons. The Morgan fingerprint density at radius 2 is 0.444 bits per heavy atom. The molecule has 0 aromatic heterocycles. The molecule has 732 valence electrons. The van der Waals surface area contributed by atoms with Crippen molar-refractivity contribution in [3.05, 3.63) is 35.4 Å². The van der Waals surface area contributed by atoms with Crippen molar-refractivity contribution < 1.29 is 113 Å². The van der Waals surface area contributed by atoms with Crippen LogP contribution in [0.25, 0.3) is 0 Å². The first-order valence-corrected chi connectivity index (χ1v) is 52.5. The smallest absolute Gasteiger partial charge is 0.466 e. The minimum atomic E-state index is -4.52. The number of carbonyl (C=O) groups is 8. The summed E-state index contributed by atoms with van der Waals surface area (Å²) in [6, 6.07) is 6.61. The van der Waals surface area contributed by atoms with Crippen LogP contribution in [0.2, 0.25) is 0 Å². The zero-order valence-electron chi connectivity index (χ0n) is 79.5. The molecule has 0 bridgehead atoms. The highest BCUT2D eigenvalue weighted by atomic mass is 35.6. The fraction of sp³-hybridized carbons (Fsp3) is 0.853. The summed E-state index contributed by atoms with van der Waals surface area (Å²) in [4.78, 5) is 109. The fourth-order valence-electron chi connectivity index (χ4n) is 11.0. The maximum atomic E-state index is 12.2. The van der Waals surface area contributed by atoms with Gasteiger partial charge in [0.1, 0.15) is 6.61 Å². The maximum Gasteiger partial charge on any atom is 0.474 e. The first-order valence-electron chi connectivity index (χ1n) is 48.4. The van der Waals surface area contributed by atoms with E-state index in [1.165, 1.54) is 103 Å². The van der Waals surface area contributed by atoms with Crippen LogP contribution in [-0.4, -0.2) is 141 Å². The van der Waals surface area contributed by atoms with E-state index in [0.29, 0.717) is 135 Å². The largest absolute Gasteiger partial charge is 0.474 e. The Balaban J connectivity index is -0.000000466. The second kappa shape index (κ2) is 99.6. The third-order valence-electron chi connectivity index (χ3n) is 18.8. The van der Waals surface area contributed by atoms with Gasteiger partial charge in [0.25, 0.3) is 0 Å². The molecule has 1 rings (SSSR count). The monoisotopic (exact) mass is 1870 g/mol. The van der Waals surface area contributed by atoms with Crippen LogP contribution in [0.4, 0.5) is 0 Å². The number of alkyl halides is 3. The Morgan fingerprint density at radius 1 is 0.258 bits per heavy atom. The van der Waals surface area contributed by atoms with Gasteiger partial charge in [-0.2, -0.15) is 0 Å². The lowest BCUT2D eigenvalue weighted by Crippen LogP contribution is -2.11. The average Bonchev–Trinajstić information content (AvgIpc) is 0.866. The summed E-state index contributed by atoms with van der Waals surface area (Å²) in [6.45, 7) is 28.1. The number of unbranched alkanes of at least 4 members (excludes halogenated alkanes) is 37. The average molecular weight is 1870 g/mol. The molecule has 0 unspecified atom stereocenters. The molecule has 0 atom stereocenters. The van der Waals surface area contributed by atoms with Gasteiger partial charge < -0.3 is 47.7 Å². The summed E-state index contributed by atoms with van der Waals surface area (Å²) in [5, 5.41) is 0. The zero-order valence-corrected chi connectivity index (χ0v) is 83.6. The normalized spacial score (nSPS) is 11.0. The van der Waals surface area contributed by atoms with Crippen molar-refractivity contribution in [2.45, 2.75) is 446 Å². The van der Waals surface area contributed by atoms with E-state index in [-0.39, 0.29) is 47.8 Å². The Hall–Kier alpha value is -3.93. The van der Waals surface area contributed by atoms with Crippen LogP contribution in [0, 0.1) is 0 Å². The number of phosphoric ester groups is 2. The van der Waals surface area contributed by atoms with Gasteiger partial charge in [-0.1, -0.05) is 335 Å². The molecule has 29 heteroatoms. The summed E-state index contributed by atoms with van der Waals surface area (Å²) in [5.74, 6) is -1.33. The lowest BCUT2D eigenvalue weighted by Gasteiger charge is -2.17. The van der Waals surface area contributed by atoms with Crippen molar-refractivity contribution in [3.8, 4) is 0 Å². The van der Waals surface area contributed by atoms with E-state index in [0.717, 1.165) is 212 Å². The number of phosphoric acid groups is 2. The number of hydrogen-bond acceptors (Lipinski definition) is 22. The van der Waals surface area contributed by atoms with Gasteiger partial charge in [-0.25, -0.2) is 18.7 Å². The number of hydrogen-bond donors (Lipinski definition) is 2. The van der Waals surface area contributed by atoms with Gasteiger partial charge in [-0.05, 0) is 127 Å². The molecule has 124 heavy (non-hydrogen) atoms. The predicted molar refractivity (Wildman–Crippen MR) is 502 cm³/mol. The zero-order chi connectivity index (χ0) is 93.4. The molecule has 1 aromatic carbocycles. The molecule has 0 fully saturated rings. The third-order valence-corrected chi connectivity index (χ3v) is 21.1. The van der Waals surface area contributed by atoms with E-state index in [9.17, 15) is 47.5 Å². The number of ether oxygens (including phenoxy) is 8. The molecule has 2 N–H and O–H groups in total. The van der Waals surface area contributed by atoms with Crippen molar-refractivity contribution in [3.63, 3.8) is 0 Å². The summed E-state index contributed by atoms with van der Waals surface area (Å²) in [7, 11) is -7.82. The quantitative estimate of drug-likeness (QED) is 0.0201. The van der Waals surface area contributed by atoms with Crippen LogP contribution in [0.3, 0.4) is 0 Å². The molecule has 0 spiro atoms. The fourth-order valence-corrected chi connectivity index (χ4v) is 13.0. The van der Waals surface area contributed by atoms with Gasteiger partial charge in [-0.15, -0.1) is 0 Å². The summed E-state index contributed by atoms with van der Waals surface area (Å²) in [5.41, 5.74) is 0.806. The van der Waals surface area contributed by atoms with Gasteiger partial charge in [0.05, 0.1) is 83.8 Å². The van der Waals surface area contributed by atoms with E-state index in [4.69, 9.17) is 96.1 Å². The minimum absolute atomic E-state index is 0.0664. The van der Waals surface area contributed by atoms with Crippen LogP contribution in [0.15, 0.2) is 24.3 Å². The van der Waals surface area contributed by atoms with Gasteiger partial charge >= 0.3 is 63.4 Å². The van der Waals surface area contributed by atoms with Crippen molar-refractivity contribution in [1.82, 2.24) is 0 Å². The Kier molecular flexibility index (Phi) is 103. The van der Waals surface area contributed by atoms with E-state index in [1.54, 1.807) is 24.3 Å². The number of benzene rings is 1. The Morgan fingerprint density at radius 3 is 0.653 bits per heavy atom. The SMILES string of the molecule is CCCCCCCCOC(=O)CCCCC(=O)OCCCCCCCC.CCCCCCCCOC(=O)c1cccc(C(=O)OCCCCCCCC)c1.CCCCOC(=O)CCCCCCCC(=O)OCCCC.CCCCOC(=O)CCCCCCCCC(=O)OCCCC.CCCCOP(=O)(OCCCC)OCCCC.O=P(O)(O)OCC(Cl)(Cl)Cl. The highest BCUT2D eigenvalue weighted by molar-refractivity contribution is 7.48. The molecular weight excluding hydrogens is 1690 g/mol. The van der Waals surface area contributed by atoms with Crippen molar-refractivity contribution in [2.75, 3.05) is 79.3 Å². The topological polar surface area (TPSA) is 322 Å². The molecule has 0 aliphatic rings. The molecular formula is C95H177Cl3O24P2. The highest BCUT2D eigenvalue weighted by Gasteiger charge is 2.27. The molecule has 0 saturated heterocycles. The maximum absolute atomic E-state index is 12.2. The van der Waals surface area contributed by atoms with E-state index < -0.39 is 26.0 Å². The summed E-state index contributed by atoms with van der Waals surface area (Å²) >= 11 is 15.3. The van der Waals surface area contributed by atoms with Gasteiger partial charge in [-0.3, -0.25) is 46.9 Å². The highest BCUT2D eigenvalue weighted by Crippen LogP contribution is 2.50. The molecule has 0 aliphatic carbocycles. The van der Waals surface area contributed by atoms with E-state index in [1.807, 2.05) is 0 Å². The van der Waals surface area contributed by atoms with Gasteiger partial charge in [0.2, 0.25) is 3.79 Å². The molecule has 0 amide bonds. The van der Waals surface area contributed by atoms with Crippen LogP contribution < -0.4 is 0 Å². The Bertz CT molecular complexity index is 2520. The van der Waals surface area contributed by atoms with Gasteiger partial charge in [0.15, 0.2) is 0 Å². The first-order chi connectivity index (χ1) is 59.7. The molecule has 1 aromatic rings. The second-order valence-electron chi connectivity index (χ2n) is 31.1. The summed E-state index contributed by atoms with van der Waals surface area (Å²) in [6.07, 6.45) is 57.0. The van der Waals surface area contributed by atoms with Crippen LogP contribution in [0.1, 0.15) is 463 Å². The van der Waals surface area contributed by atoms with Gasteiger partial charge in [0, 0.05) is 38.5 Å². The van der Waals surface area contributed by atoms with Crippen molar-refractivity contribution >= 4 is 98.2 Å². The third kappa shape index (κ3) is 107. The second-order valence-corrected chi connectivity index (χ2v) is 36.6. The number of rotatable bonds is 78. The summed E-state index contributed by atoms with van der Waals surface area (Å²) < 4.78 is 81.5. The van der Waals surface area contributed by atoms with Crippen molar-refractivity contribution in [2.24, 2.45) is 0 Å². The molecule has 24 nitrogen and oxygen atoms in total. The van der Waals surface area contributed by atoms with Crippen LogP contribution >= 0.6 is 50.4 Å². The standard InChI is InChI=1S/C24H38O4.C22H42O4.C18H34O4.C17H32O4.C12H27O4P.C2H4Cl3O4P/c1-3-5-7-9-11-13-18-27-23(25)21-16-15-17-22(20-21)24(26)28-19-14-12-10-8-6-4-2;1-3-5-7-9-11-15-19-25-21(23)17-13-14-18-22(24)26-20-16-12-10-8-6-4-2;1-3-5-15-21-17(19)13-11-9-7-8-10-12-14-18(20)22-16-6-4-2;1-3-5-14-20-16(18)12-10-8-7-9-11-13-17(19)21-15-6-4-2;1-4-7-10-14-17(13,15-11-8-5-2)16-12-9-6-3;3-2(4,5)1-9-10(6,7)8/h15-17,20H,3-14,18-19H2,1-2H3;3-20H2,1-2H3;3-16H2,1-2H3;3-15H2,1-2H3;4-12H2,1-3H3;1H2,(H2,6,7,8). The first kappa shape index (κ1) is 129.